The highest BCUT2D eigenvalue weighted by molar-refractivity contribution is 6.92. The lowest BCUT2D eigenvalue weighted by molar-refractivity contribution is 0.671. The molecule has 46 heavy (non-hydrogen) atoms. The molecule has 0 atom stereocenters. The second-order valence-electron chi connectivity index (χ2n) is 12.5. The summed E-state index contributed by atoms with van der Waals surface area (Å²) in [6, 6.07) is 55.1. The Labute approximate surface area is 265 Å². The molecule has 0 bridgehead atoms. The summed E-state index contributed by atoms with van der Waals surface area (Å²) in [5, 5.41) is 4.71. The standard InChI is InChI=1S/C42H25BN2O/c1-2-12-26(13-3-1)44-37-19-9-5-16-29(37)31-22-23-32-34-24-33-30-17-7-11-21-39(30)45-38-20-10-6-15-28(38)27-14-4-8-18-35(27)43(45)36(33)25-40(34)46-42(32)41(31)44/h1-25H. The van der Waals surface area contributed by atoms with Crippen molar-refractivity contribution in [3.05, 3.63) is 152 Å². The van der Waals surface area contributed by atoms with Crippen LogP contribution >= 0.6 is 0 Å². The number of nitrogens with zero attached hydrogens (tertiary/aromatic N) is 2. The molecule has 11 rings (SSSR count). The molecule has 0 fully saturated rings. The van der Waals surface area contributed by atoms with Gasteiger partial charge in [0, 0.05) is 49.7 Å². The van der Waals surface area contributed by atoms with E-state index in [1.807, 2.05) is 0 Å². The van der Waals surface area contributed by atoms with Crippen molar-refractivity contribution in [2.75, 3.05) is 4.81 Å². The summed E-state index contributed by atoms with van der Waals surface area (Å²) < 4.78 is 9.37. The van der Waals surface area contributed by atoms with E-state index in [0.29, 0.717) is 0 Å². The highest BCUT2D eigenvalue weighted by Gasteiger charge is 2.42. The van der Waals surface area contributed by atoms with Gasteiger partial charge in [0.1, 0.15) is 5.58 Å². The molecule has 0 saturated carbocycles. The SMILES string of the molecule is c1ccc(-n2c3ccccc3c3ccc4c5cc6c(cc5oc4c32)B2c3ccccc3-c3ccccc3N2c2ccccc2-6)cc1. The third-order valence-electron chi connectivity index (χ3n) is 10.2. The molecule has 2 aliphatic heterocycles. The van der Waals surface area contributed by atoms with Gasteiger partial charge in [-0.3, -0.25) is 0 Å². The monoisotopic (exact) mass is 584 g/mol. The van der Waals surface area contributed by atoms with Crippen molar-refractivity contribution in [3.63, 3.8) is 0 Å². The summed E-state index contributed by atoms with van der Waals surface area (Å²) in [6.07, 6.45) is 0. The lowest BCUT2D eigenvalue weighted by Crippen LogP contribution is -2.59. The Bertz CT molecular complexity index is 2720. The maximum Gasteiger partial charge on any atom is 0.329 e. The van der Waals surface area contributed by atoms with Crippen LogP contribution in [0.5, 0.6) is 0 Å². The average molecular weight is 584 g/mol. The van der Waals surface area contributed by atoms with Gasteiger partial charge in [-0.2, -0.15) is 0 Å². The van der Waals surface area contributed by atoms with Gasteiger partial charge in [-0.1, -0.05) is 103 Å². The predicted octanol–water partition coefficient (Wildman–Crippen LogP) is 9.59. The highest BCUT2D eigenvalue weighted by Crippen LogP contribution is 2.47. The normalized spacial score (nSPS) is 13.1. The van der Waals surface area contributed by atoms with Crippen LogP contribution in [0.2, 0.25) is 0 Å². The number of hydrogen-bond donors (Lipinski definition) is 0. The number of benzene rings is 7. The Morgan fingerprint density at radius 2 is 1.11 bits per heavy atom. The van der Waals surface area contributed by atoms with Crippen molar-refractivity contribution in [1.82, 2.24) is 4.57 Å². The number of furan rings is 1. The molecule has 4 heterocycles. The van der Waals surface area contributed by atoms with Crippen LogP contribution in [0.3, 0.4) is 0 Å². The Morgan fingerprint density at radius 1 is 0.457 bits per heavy atom. The number of aromatic nitrogens is 1. The molecule has 0 radical (unpaired) electrons. The van der Waals surface area contributed by atoms with E-state index in [0.717, 1.165) is 33.1 Å². The lowest BCUT2D eigenvalue weighted by atomic mass is 9.43. The molecule has 4 heteroatoms. The van der Waals surface area contributed by atoms with Gasteiger partial charge >= 0.3 is 6.85 Å². The number of rotatable bonds is 1. The fraction of sp³-hybridized carbons (Fsp3) is 0. The summed E-state index contributed by atoms with van der Waals surface area (Å²) in [6.45, 7) is 0.0319. The first-order chi connectivity index (χ1) is 22.8. The minimum absolute atomic E-state index is 0.0319. The van der Waals surface area contributed by atoms with Crippen molar-refractivity contribution in [2.24, 2.45) is 0 Å². The molecule has 0 amide bonds. The number of hydrogen-bond acceptors (Lipinski definition) is 2. The van der Waals surface area contributed by atoms with Crippen LogP contribution in [0.25, 0.3) is 71.7 Å². The Hall–Kier alpha value is -6.00. The van der Waals surface area contributed by atoms with Crippen molar-refractivity contribution in [1.29, 1.82) is 0 Å². The van der Waals surface area contributed by atoms with Crippen molar-refractivity contribution in [2.45, 2.75) is 0 Å². The van der Waals surface area contributed by atoms with Crippen LogP contribution in [-0.2, 0) is 0 Å². The van der Waals surface area contributed by atoms with E-state index >= 15 is 0 Å². The van der Waals surface area contributed by atoms with Crippen LogP contribution in [-0.4, -0.2) is 11.4 Å². The van der Waals surface area contributed by atoms with E-state index in [4.69, 9.17) is 4.42 Å². The van der Waals surface area contributed by atoms with Gasteiger partial charge in [0.2, 0.25) is 0 Å². The number of fused-ring (bicyclic) bond motifs is 18. The Morgan fingerprint density at radius 3 is 1.93 bits per heavy atom. The summed E-state index contributed by atoms with van der Waals surface area (Å²) in [5.41, 5.74) is 15.4. The molecule has 0 unspecified atom stereocenters. The van der Waals surface area contributed by atoms with Gasteiger partial charge < -0.3 is 13.8 Å². The lowest BCUT2D eigenvalue weighted by Gasteiger charge is -2.43. The van der Waals surface area contributed by atoms with Crippen LogP contribution in [0.4, 0.5) is 11.4 Å². The Kier molecular flexibility index (Phi) is 4.66. The van der Waals surface area contributed by atoms with E-state index in [9.17, 15) is 0 Å². The summed E-state index contributed by atoms with van der Waals surface area (Å²) >= 11 is 0. The quantitative estimate of drug-likeness (QED) is 0.179. The molecule has 3 nitrogen and oxygen atoms in total. The minimum Gasteiger partial charge on any atom is -0.454 e. The zero-order valence-corrected chi connectivity index (χ0v) is 24.8. The minimum atomic E-state index is 0.0319. The fourth-order valence-electron chi connectivity index (χ4n) is 8.31. The number of anilines is 2. The molecular formula is C42H25BN2O. The third kappa shape index (κ3) is 3.03. The topological polar surface area (TPSA) is 21.3 Å². The molecule has 0 N–H and O–H groups in total. The molecule has 0 aliphatic carbocycles. The van der Waals surface area contributed by atoms with Gasteiger partial charge in [-0.25, -0.2) is 0 Å². The first kappa shape index (κ1) is 24.3. The van der Waals surface area contributed by atoms with E-state index in [2.05, 4.69) is 161 Å². The molecular weight excluding hydrogens is 559 g/mol. The maximum atomic E-state index is 7.01. The third-order valence-corrected chi connectivity index (χ3v) is 10.2. The van der Waals surface area contributed by atoms with Crippen LogP contribution in [0.15, 0.2) is 156 Å². The van der Waals surface area contributed by atoms with E-state index in [1.54, 1.807) is 0 Å². The first-order valence-electron chi connectivity index (χ1n) is 15.9. The molecule has 212 valence electrons. The average Bonchev–Trinajstić information content (AvgIpc) is 3.66. The smallest absolute Gasteiger partial charge is 0.329 e. The highest BCUT2D eigenvalue weighted by atomic mass is 16.3. The fourth-order valence-corrected chi connectivity index (χ4v) is 8.31. The second kappa shape index (κ2) is 8.80. The molecule has 2 aromatic heterocycles. The van der Waals surface area contributed by atoms with Crippen molar-refractivity contribution in [3.8, 4) is 27.9 Å². The van der Waals surface area contributed by atoms with Crippen LogP contribution in [0, 0.1) is 0 Å². The first-order valence-corrected chi connectivity index (χ1v) is 15.9. The zero-order valence-electron chi connectivity index (χ0n) is 24.8. The molecule has 9 aromatic rings. The van der Waals surface area contributed by atoms with E-state index in [1.165, 1.54) is 60.8 Å². The van der Waals surface area contributed by atoms with E-state index < -0.39 is 0 Å². The van der Waals surface area contributed by atoms with E-state index in [-0.39, 0.29) is 6.85 Å². The molecule has 2 aliphatic rings. The largest absolute Gasteiger partial charge is 0.454 e. The molecule has 0 saturated heterocycles. The summed E-state index contributed by atoms with van der Waals surface area (Å²) in [7, 11) is 0. The van der Waals surface area contributed by atoms with Crippen molar-refractivity contribution >= 4 is 72.9 Å². The number of para-hydroxylation sites is 4. The van der Waals surface area contributed by atoms with Crippen LogP contribution < -0.4 is 15.7 Å². The maximum absolute atomic E-state index is 7.01. The summed E-state index contributed by atoms with van der Waals surface area (Å²) in [5.74, 6) is 0. The van der Waals surface area contributed by atoms with Gasteiger partial charge in [0.05, 0.1) is 11.0 Å². The van der Waals surface area contributed by atoms with Gasteiger partial charge in [-0.15, -0.1) is 0 Å². The van der Waals surface area contributed by atoms with Gasteiger partial charge in [-0.05, 0) is 70.6 Å². The molecule has 0 spiro atoms. The molecule has 7 aromatic carbocycles. The van der Waals surface area contributed by atoms with Gasteiger partial charge in [0.15, 0.2) is 5.58 Å². The van der Waals surface area contributed by atoms with Gasteiger partial charge in [0.25, 0.3) is 0 Å². The predicted molar refractivity (Wildman–Crippen MR) is 193 cm³/mol. The van der Waals surface area contributed by atoms with Crippen molar-refractivity contribution < 1.29 is 4.42 Å². The van der Waals surface area contributed by atoms with Crippen LogP contribution in [0.1, 0.15) is 0 Å². The zero-order chi connectivity index (χ0) is 29.9. The summed E-state index contributed by atoms with van der Waals surface area (Å²) in [4.78, 5) is 2.54. The Balaban J connectivity index is 1.26. The second-order valence-corrected chi connectivity index (χ2v) is 12.5.